The molecule has 0 radical (unpaired) electrons. The van der Waals surface area contributed by atoms with Gasteiger partial charge >= 0.3 is 6.18 Å². The molecule has 1 aromatic carbocycles. The number of rotatable bonds is 3. The van der Waals surface area contributed by atoms with E-state index in [-0.39, 0.29) is 17.9 Å². The van der Waals surface area contributed by atoms with Gasteiger partial charge in [0.05, 0.1) is 17.5 Å². The van der Waals surface area contributed by atoms with E-state index < -0.39 is 23.7 Å². The van der Waals surface area contributed by atoms with E-state index in [0.717, 1.165) is 25.0 Å². The monoisotopic (exact) mass is 326 g/mol. The Labute approximate surface area is 131 Å². The van der Waals surface area contributed by atoms with Crippen molar-refractivity contribution in [2.45, 2.75) is 43.9 Å². The van der Waals surface area contributed by atoms with Gasteiger partial charge in [0.25, 0.3) is 0 Å². The summed E-state index contributed by atoms with van der Waals surface area (Å²) in [7, 11) is 0. The third-order valence-corrected chi connectivity index (χ3v) is 4.29. The van der Waals surface area contributed by atoms with Crippen LogP contribution in [0.15, 0.2) is 24.3 Å². The Bertz CT molecular complexity index is 640. The van der Waals surface area contributed by atoms with Crippen molar-refractivity contribution in [2.24, 2.45) is 0 Å². The van der Waals surface area contributed by atoms with Crippen LogP contribution in [0.4, 0.5) is 13.2 Å². The maximum Gasteiger partial charge on any atom is 0.416 e. The van der Waals surface area contributed by atoms with Gasteiger partial charge in [0.1, 0.15) is 0 Å². The summed E-state index contributed by atoms with van der Waals surface area (Å²) in [4.78, 5) is 25.7. The number of benzene rings is 1. The number of nitrogens with zero attached hydrogens (tertiary/aromatic N) is 1. The summed E-state index contributed by atoms with van der Waals surface area (Å²) in [6.45, 7) is 1.69. The molecule has 7 heteroatoms. The highest BCUT2D eigenvalue weighted by Crippen LogP contribution is 2.38. The number of alkyl halides is 3. The van der Waals surface area contributed by atoms with Gasteiger partial charge in [-0.2, -0.15) is 13.2 Å². The third kappa shape index (κ3) is 3.18. The van der Waals surface area contributed by atoms with Crippen molar-refractivity contribution in [2.75, 3.05) is 6.54 Å². The van der Waals surface area contributed by atoms with Crippen molar-refractivity contribution in [1.29, 1.82) is 0 Å². The van der Waals surface area contributed by atoms with Crippen molar-refractivity contribution in [3.63, 3.8) is 0 Å². The summed E-state index contributed by atoms with van der Waals surface area (Å²) in [5, 5.41) is 2.71. The molecule has 4 nitrogen and oxygen atoms in total. The standard InChI is InChI=1S/C16H17F3N2O2/c1-9(22)20-13-8-21(12-5-6-12)15(23)14(13)10-3-2-4-11(7-10)16(17,18)19/h2-4,7,12-14H,5-6,8H2,1H3,(H,20,22). The highest BCUT2D eigenvalue weighted by molar-refractivity contribution is 5.89. The molecular formula is C16H17F3N2O2. The van der Waals surface area contributed by atoms with Gasteiger partial charge < -0.3 is 10.2 Å². The van der Waals surface area contributed by atoms with E-state index in [0.29, 0.717) is 12.1 Å². The molecule has 0 bridgehead atoms. The summed E-state index contributed by atoms with van der Waals surface area (Å²) in [6, 6.07) is 4.47. The van der Waals surface area contributed by atoms with Gasteiger partial charge in [-0.05, 0) is 24.5 Å². The maximum atomic E-state index is 12.9. The number of hydrogen-bond donors (Lipinski definition) is 1. The van der Waals surface area contributed by atoms with Crippen molar-refractivity contribution in [3.05, 3.63) is 35.4 Å². The number of carbonyl (C=O) groups is 2. The second-order valence-corrected chi connectivity index (χ2v) is 6.13. The first-order valence-electron chi connectivity index (χ1n) is 7.52. The lowest BCUT2D eigenvalue weighted by atomic mass is 9.92. The van der Waals surface area contributed by atoms with Crippen molar-refractivity contribution < 1.29 is 22.8 Å². The Morgan fingerprint density at radius 3 is 2.57 bits per heavy atom. The Hall–Kier alpha value is -2.05. The Morgan fingerprint density at radius 2 is 2.00 bits per heavy atom. The van der Waals surface area contributed by atoms with E-state index in [4.69, 9.17) is 0 Å². The number of halogens is 3. The topological polar surface area (TPSA) is 49.4 Å². The summed E-state index contributed by atoms with van der Waals surface area (Å²) >= 11 is 0. The highest BCUT2D eigenvalue weighted by Gasteiger charge is 2.47. The predicted octanol–water partition coefficient (Wildman–Crippen LogP) is 2.30. The van der Waals surface area contributed by atoms with Crippen LogP contribution in [-0.2, 0) is 15.8 Å². The van der Waals surface area contributed by atoms with E-state index in [1.807, 2.05) is 0 Å². The Kier molecular flexibility index (Phi) is 3.82. The number of carbonyl (C=O) groups excluding carboxylic acids is 2. The lowest BCUT2D eigenvalue weighted by Gasteiger charge is -2.18. The number of amides is 2. The Balaban J connectivity index is 1.94. The van der Waals surface area contributed by atoms with Crippen LogP contribution >= 0.6 is 0 Å². The van der Waals surface area contributed by atoms with Gasteiger partial charge in [-0.15, -0.1) is 0 Å². The molecule has 1 heterocycles. The molecule has 1 aliphatic carbocycles. The van der Waals surface area contributed by atoms with E-state index in [2.05, 4.69) is 5.32 Å². The van der Waals surface area contributed by atoms with Gasteiger partial charge in [-0.25, -0.2) is 0 Å². The number of nitrogens with one attached hydrogen (secondary N) is 1. The van der Waals surface area contributed by atoms with E-state index in [1.165, 1.54) is 19.1 Å². The molecule has 2 atom stereocenters. The molecule has 124 valence electrons. The minimum Gasteiger partial charge on any atom is -0.351 e. The molecular weight excluding hydrogens is 309 g/mol. The second-order valence-electron chi connectivity index (χ2n) is 6.13. The normalized spacial score (nSPS) is 24.9. The molecule has 3 rings (SSSR count). The molecule has 23 heavy (non-hydrogen) atoms. The average Bonchev–Trinajstić information content (AvgIpc) is 3.23. The molecule has 1 aromatic rings. The largest absolute Gasteiger partial charge is 0.416 e. The summed E-state index contributed by atoms with van der Waals surface area (Å²) in [5.74, 6) is -1.26. The molecule has 1 aliphatic heterocycles. The van der Waals surface area contributed by atoms with E-state index in [9.17, 15) is 22.8 Å². The number of hydrogen-bond acceptors (Lipinski definition) is 2. The highest BCUT2D eigenvalue weighted by atomic mass is 19.4. The van der Waals surface area contributed by atoms with E-state index in [1.54, 1.807) is 4.90 Å². The molecule has 2 aliphatic rings. The summed E-state index contributed by atoms with van der Waals surface area (Å²) in [6.07, 6.45) is -2.64. The molecule has 1 N–H and O–H groups in total. The van der Waals surface area contributed by atoms with Gasteiger partial charge in [0.2, 0.25) is 11.8 Å². The van der Waals surface area contributed by atoms with Crippen molar-refractivity contribution in [1.82, 2.24) is 10.2 Å². The third-order valence-electron chi connectivity index (χ3n) is 4.29. The minimum absolute atomic E-state index is 0.162. The quantitative estimate of drug-likeness (QED) is 0.926. The first-order valence-corrected chi connectivity index (χ1v) is 7.52. The fourth-order valence-electron chi connectivity index (χ4n) is 3.15. The van der Waals surface area contributed by atoms with Crippen LogP contribution < -0.4 is 5.32 Å². The van der Waals surface area contributed by atoms with Gasteiger partial charge in [0.15, 0.2) is 0 Å². The Morgan fingerprint density at radius 1 is 1.30 bits per heavy atom. The molecule has 2 unspecified atom stereocenters. The van der Waals surface area contributed by atoms with Gasteiger partial charge in [-0.3, -0.25) is 9.59 Å². The smallest absolute Gasteiger partial charge is 0.351 e. The van der Waals surface area contributed by atoms with Crippen molar-refractivity contribution >= 4 is 11.8 Å². The first kappa shape index (κ1) is 15.8. The lowest BCUT2D eigenvalue weighted by molar-refractivity contribution is -0.138. The molecule has 0 aromatic heterocycles. The maximum absolute atomic E-state index is 12.9. The number of likely N-dealkylation sites (tertiary alicyclic amines) is 1. The summed E-state index contributed by atoms with van der Waals surface area (Å²) in [5.41, 5.74) is -0.485. The fourth-order valence-corrected chi connectivity index (χ4v) is 3.15. The van der Waals surface area contributed by atoms with Crippen LogP contribution in [0.2, 0.25) is 0 Å². The van der Waals surface area contributed by atoms with Gasteiger partial charge in [-0.1, -0.05) is 18.2 Å². The first-order chi connectivity index (χ1) is 10.8. The van der Waals surface area contributed by atoms with Crippen LogP contribution in [0, 0.1) is 0 Å². The van der Waals surface area contributed by atoms with Crippen LogP contribution in [0.3, 0.4) is 0 Å². The molecule has 1 saturated carbocycles. The van der Waals surface area contributed by atoms with Crippen LogP contribution in [0.5, 0.6) is 0 Å². The van der Waals surface area contributed by atoms with Gasteiger partial charge in [0, 0.05) is 19.5 Å². The van der Waals surface area contributed by atoms with Crippen LogP contribution in [0.1, 0.15) is 36.8 Å². The zero-order valence-corrected chi connectivity index (χ0v) is 12.6. The lowest BCUT2D eigenvalue weighted by Crippen LogP contribution is -2.38. The zero-order chi connectivity index (χ0) is 16.8. The van der Waals surface area contributed by atoms with Crippen molar-refractivity contribution in [3.8, 4) is 0 Å². The summed E-state index contributed by atoms with van der Waals surface area (Å²) < 4.78 is 38.7. The molecule has 2 fully saturated rings. The zero-order valence-electron chi connectivity index (χ0n) is 12.6. The molecule has 0 spiro atoms. The average molecular weight is 326 g/mol. The fraction of sp³-hybridized carbons (Fsp3) is 0.500. The predicted molar refractivity (Wildman–Crippen MR) is 76.5 cm³/mol. The minimum atomic E-state index is -4.46. The van der Waals surface area contributed by atoms with Crippen LogP contribution in [-0.4, -0.2) is 35.3 Å². The second kappa shape index (κ2) is 5.54. The van der Waals surface area contributed by atoms with Crippen LogP contribution in [0.25, 0.3) is 0 Å². The molecule has 2 amide bonds. The molecule has 1 saturated heterocycles. The SMILES string of the molecule is CC(=O)NC1CN(C2CC2)C(=O)C1c1cccc(C(F)(F)F)c1. The van der Waals surface area contributed by atoms with E-state index >= 15 is 0 Å².